The number of carbonyl (C=O) groups excluding carboxylic acids is 2. The maximum atomic E-state index is 13.3. The molecule has 0 N–H and O–H groups in total. The zero-order valence-electron chi connectivity index (χ0n) is 19.9. The molecule has 4 aliphatic rings. The van der Waals surface area contributed by atoms with Crippen LogP contribution in [0.15, 0.2) is 35.9 Å². The van der Waals surface area contributed by atoms with Crippen LogP contribution in [-0.2, 0) is 16.1 Å². The highest BCUT2D eigenvalue weighted by Crippen LogP contribution is 2.60. The summed E-state index contributed by atoms with van der Waals surface area (Å²) < 4.78 is 5.49. The largest absolute Gasteiger partial charge is 0.496 e. The molecule has 3 fully saturated rings. The molecular formula is C27H37N3O3. The molecule has 2 heterocycles. The lowest BCUT2D eigenvalue weighted by molar-refractivity contribution is -0.135. The molecule has 0 bridgehead atoms. The second-order valence-corrected chi connectivity index (χ2v) is 10.3. The number of para-hydroxylation sites is 1. The van der Waals surface area contributed by atoms with E-state index in [1.807, 2.05) is 17.0 Å². The van der Waals surface area contributed by atoms with Crippen molar-refractivity contribution in [1.82, 2.24) is 14.7 Å². The Hall–Kier alpha value is -2.34. The van der Waals surface area contributed by atoms with Gasteiger partial charge in [-0.3, -0.25) is 14.5 Å². The maximum absolute atomic E-state index is 13.3. The topological polar surface area (TPSA) is 53.1 Å². The number of hydrogen-bond acceptors (Lipinski definition) is 4. The lowest BCUT2D eigenvalue weighted by atomic mass is 9.89. The molecule has 0 radical (unpaired) electrons. The van der Waals surface area contributed by atoms with Crippen LogP contribution < -0.4 is 4.74 Å². The Balaban J connectivity index is 1.09. The number of nitrogens with zero attached hydrogens (tertiary/aromatic N) is 3. The molecule has 2 amide bonds. The number of rotatable bonds is 5. The van der Waals surface area contributed by atoms with E-state index in [-0.39, 0.29) is 17.2 Å². The van der Waals surface area contributed by atoms with Gasteiger partial charge in [-0.1, -0.05) is 24.3 Å². The second kappa shape index (κ2) is 9.49. The molecule has 5 rings (SSSR count). The highest BCUT2D eigenvalue weighted by Gasteiger charge is 2.59. The lowest BCUT2D eigenvalue weighted by Crippen LogP contribution is -2.49. The van der Waals surface area contributed by atoms with E-state index in [0.29, 0.717) is 5.91 Å². The average molecular weight is 452 g/mol. The summed E-state index contributed by atoms with van der Waals surface area (Å²) in [5.41, 5.74) is 2.38. The van der Waals surface area contributed by atoms with Gasteiger partial charge in [0.1, 0.15) is 5.75 Å². The van der Waals surface area contributed by atoms with Crippen LogP contribution in [0, 0.1) is 11.3 Å². The van der Waals surface area contributed by atoms with Crippen LogP contribution in [0.5, 0.6) is 5.75 Å². The van der Waals surface area contributed by atoms with Crippen molar-refractivity contribution in [2.75, 3.05) is 46.4 Å². The summed E-state index contributed by atoms with van der Waals surface area (Å²) in [5.74, 6) is 1.70. The zero-order chi connectivity index (χ0) is 22.8. The van der Waals surface area contributed by atoms with Gasteiger partial charge in [-0.05, 0) is 56.4 Å². The molecular weight excluding hydrogens is 414 g/mol. The van der Waals surface area contributed by atoms with Crippen molar-refractivity contribution < 1.29 is 14.3 Å². The number of carbonyl (C=O) groups is 2. The van der Waals surface area contributed by atoms with Gasteiger partial charge >= 0.3 is 0 Å². The first kappa shape index (κ1) is 22.5. The van der Waals surface area contributed by atoms with Crippen molar-refractivity contribution in [2.24, 2.45) is 11.3 Å². The number of amides is 2. The predicted molar refractivity (Wildman–Crippen MR) is 128 cm³/mol. The predicted octanol–water partition coefficient (Wildman–Crippen LogP) is 3.47. The van der Waals surface area contributed by atoms with E-state index in [2.05, 4.69) is 28.0 Å². The minimum atomic E-state index is 0.156. The van der Waals surface area contributed by atoms with Gasteiger partial charge < -0.3 is 14.5 Å². The van der Waals surface area contributed by atoms with E-state index < -0.39 is 0 Å². The number of allylic oxidation sites excluding steroid dienone is 1. The summed E-state index contributed by atoms with van der Waals surface area (Å²) in [7, 11) is 1.72. The highest BCUT2D eigenvalue weighted by atomic mass is 16.5. The SMILES string of the molecule is COc1ccccc1CN1CCN(C(=O)[C@@H]2CC23CCN(C(=O)C2=CCCCC2)CC3)CC1. The van der Waals surface area contributed by atoms with Crippen molar-refractivity contribution in [3.8, 4) is 5.75 Å². The van der Waals surface area contributed by atoms with Crippen LogP contribution in [0.2, 0.25) is 0 Å². The summed E-state index contributed by atoms with van der Waals surface area (Å²) in [6.45, 7) is 5.90. The van der Waals surface area contributed by atoms with Gasteiger partial charge in [-0.25, -0.2) is 0 Å². The molecule has 1 saturated carbocycles. The van der Waals surface area contributed by atoms with Crippen molar-refractivity contribution >= 4 is 11.8 Å². The second-order valence-electron chi connectivity index (χ2n) is 10.3. The van der Waals surface area contributed by atoms with Gasteiger partial charge in [0.2, 0.25) is 11.8 Å². The van der Waals surface area contributed by atoms with Gasteiger partial charge in [0.25, 0.3) is 0 Å². The molecule has 6 nitrogen and oxygen atoms in total. The third-order valence-corrected chi connectivity index (χ3v) is 8.37. The Morgan fingerprint density at radius 3 is 2.45 bits per heavy atom. The number of benzene rings is 1. The Morgan fingerprint density at radius 2 is 1.76 bits per heavy atom. The third-order valence-electron chi connectivity index (χ3n) is 8.37. The monoisotopic (exact) mass is 451 g/mol. The van der Waals surface area contributed by atoms with Crippen LogP contribution >= 0.6 is 0 Å². The van der Waals surface area contributed by atoms with Gasteiger partial charge in [0.15, 0.2) is 0 Å². The molecule has 2 saturated heterocycles. The van der Waals surface area contributed by atoms with Gasteiger partial charge in [0.05, 0.1) is 7.11 Å². The number of likely N-dealkylation sites (tertiary alicyclic amines) is 1. The first-order valence-corrected chi connectivity index (χ1v) is 12.7. The maximum Gasteiger partial charge on any atom is 0.249 e. The fourth-order valence-corrected chi connectivity index (χ4v) is 6.06. The minimum absolute atomic E-state index is 0.156. The normalized spacial score (nSPS) is 25.0. The quantitative estimate of drug-likeness (QED) is 0.688. The van der Waals surface area contributed by atoms with Crippen molar-refractivity contribution in [2.45, 2.75) is 51.5 Å². The van der Waals surface area contributed by atoms with E-state index in [9.17, 15) is 9.59 Å². The van der Waals surface area contributed by atoms with Crippen molar-refractivity contribution in [3.63, 3.8) is 0 Å². The minimum Gasteiger partial charge on any atom is -0.496 e. The number of methoxy groups -OCH3 is 1. The van der Waals surface area contributed by atoms with Crippen molar-refractivity contribution in [3.05, 3.63) is 41.5 Å². The summed E-state index contributed by atoms with van der Waals surface area (Å²) in [4.78, 5) is 32.6. The lowest BCUT2D eigenvalue weighted by Gasteiger charge is -2.37. The summed E-state index contributed by atoms with van der Waals surface area (Å²) in [6.07, 6.45) is 9.44. The molecule has 0 aromatic heterocycles. The molecule has 178 valence electrons. The molecule has 1 aromatic carbocycles. The summed E-state index contributed by atoms with van der Waals surface area (Å²) in [6, 6.07) is 8.17. The fraction of sp³-hybridized carbons (Fsp3) is 0.630. The zero-order valence-corrected chi connectivity index (χ0v) is 19.9. The first-order chi connectivity index (χ1) is 16.1. The molecule has 1 spiro atoms. The number of hydrogen-bond donors (Lipinski definition) is 0. The molecule has 1 atom stereocenters. The van der Waals surface area contributed by atoms with Gasteiger partial charge in [0, 0.05) is 62.9 Å². The summed E-state index contributed by atoms with van der Waals surface area (Å²) >= 11 is 0. The van der Waals surface area contributed by atoms with E-state index in [1.54, 1.807) is 7.11 Å². The van der Waals surface area contributed by atoms with Crippen LogP contribution in [0.1, 0.15) is 50.5 Å². The third kappa shape index (κ3) is 4.68. The van der Waals surface area contributed by atoms with Crippen LogP contribution in [-0.4, -0.2) is 72.9 Å². The Bertz CT molecular complexity index is 911. The highest BCUT2D eigenvalue weighted by molar-refractivity contribution is 5.93. The van der Waals surface area contributed by atoms with Gasteiger partial charge in [-0.2, -0.15) is 0 Å². The smallest absolute Gasteiger partial charge is 0.249 e. The van der Waals surface area contributed by atoms with E-state index in [0.717, 1.165) is 95.7 Å². The number of ether oxygens (including phenoxy) is 1. The van der Waals surface area contributed by atoms with E-state index >= 15 is 0 Å². The van der Waals surface area contributed by atoms with E-state index in [1.165, 1.54) is 12.0 Å². The fourth-order valence-electron chi connectivity index (χ4n) is 6.06. The molecule has 33 heavy (non-hydrogen) atoms. The summed E-state index contributed by atoms with van der Waals surface area (Å²) in [5, 5.41) is 0. The molecule has 6 heteroatoms. The standard InChI is InChI=1S/C27H37N3O3/c1-33-24-10-6-5-9-22(24)20-28-15-17-30(18-16-28)26(32)23-19-27(23)11-13-29(14-12-27)25(31)21-7-3-2-4-8-21/h5-7,9-10,23H,2-4,8,11-20H2,1H3/t23-/m0/s1. The Labute approximate surface area is 197 Å². The van der Waals surface area contributed by atoms with Crippen LogP contribution in [0.4, 0.5) is 0 Å². The molecule has 2 aliphatic heterocycles. The van der Waals surface area contributed by atoms with Crippen molar-refractivity contribution in [1.29, 1.82) is 0 Å². The molecule has 1 aromatic rings. The Kier molecular flexibility index (Phi) is 6.46. The average Bonchev–Trinajstić information content (AvgIpc) is 3.58. The van der Waals surface area contributed by atoms with Gasteiger partial charge in [-0.15, -0.1) is 0 Å². The van der Waals surface area contributed by atoms with Crippen LogP contribution in [0.3, 0.4) is 0 Å². The molecule has 0 unspecified atom stereocenters. The number of piperidine rings is 1. The molecule has 2 aliphatic carbocycles. The first-order valence-electron chi connectivity index (χ1n) is 12.7. The Morgan fingerprint density at radius 1 is 1.00 bits per heavy atom. The number of piperazine rings is 1. The van der Waals surface area contributed by atoms with Crippen LogP contribution in [0.25, 0.3) is 0 Å². The van der Waals surface area contributed by atoms with E-state index in [4.69, 9.17) is 4.74 Å².